The van der Waals surface area contributed by atoms with E-state index in [0.29, 0.717) is 21.4 Å². The number of carbonyl (C=O) groups excluding carboxylic acids is 1. The number of ketones is 1. The van der Waals surface area contributed by atoms with Crippen LogP contribution in [-0.2, 0) is 4.79 Å². The maximum atomic E-state index is 10.4. The van der Waals surface area contributed by atoms with Gasteiger partial charge < -0.3 is 0 Å². The molecule has 0 aromatic heterocycles. The van der Waals surface area contributed by atoms with Gasteiger partial charge in [0.05, 0.1) is 0 Å². The maximum absolute atomic E-state index is 10.4. The van der Waals surface area contributed by atoms with Crippen molar-refractivity contribution in [1.29, 1.82) is 0 Å². The Morgan fingerprint density at radius 3 is 2.67 bits per heavy atom. The summed E-state index contributed by atoms with van der Waals surface area (Å²) in [7, 11) is 0. The molecule has 0 amide bonds. The van der Waals surface area contributed by atoms with E-state index in [9.17, 15) is 4.79 Å². The van der Waals surface area contributed by atoms with E-state index in [2.05, 4.69) is 5.82 Å². The van der Waals surface area contributed by atoms with E-state index in [-0.39, 0.29) is 5.78 Å². The van der Waals surface area contributed by atoms with Gasteiger partial charge in [0.15, 0.2) is 0 Å². The van der Waals surface area contributed by atoms with Gasteiger partial charge >= 0.3 is 61.2 Å². The number of hydrogen-bond donors (Lipinski definition) is 1. The quantitative estimate of drug-likeness (QED) is 0.663. The van der Waals surface area contributed by atoms with Crippen LogP contribution < -0.4 is 0 Å². The van der Waals surface area contributed by atoms with Crippen LogP contribution >= 0.6 is 0 Å². The molecule has 0 aliphatic rings. The average Bonchev–Trinajstić information content (AvgIpc) is 1.82. The van der Waals surface area contributed by atoms with Gasteiger partial charge in [0.2, 0.25) is 0 Å². The SMILES string of the molecule is C[Se]CCC(O)C(C)=O. The van der Waals surface area contributed by atoms with Crippen molar-refractivity contribution in [3.05, 3.63) is 0 Å². The van der Waals surface area contributed by atoms with Gasteiger partial charge in [0, 0.05) is 0 Å². The van der Waals surface area contributed by atoms with Crippen LogP contribution in [0.1, 0.15) is 13.3 Å². The molecule has 0 aliphatic heterocycles. The van der Waals surface area contributed by atoms with Crippen molar-refractivity contribution in [1.82, 2.24) is 0 Å². The summed E-state index contributed by atoms with van der Waals surface area (Å²) in [5.41, 5.74) is 0. The fourth-order valence-electron chi connectivity index (χ4n) is 0.433. The summed E-state index contributed by atoms with van der Waals surface area (Å²) in [4.78, 5) is 10.4. The molecule has 3 heteroatoms. The molecule has 1 atom stereocenters. The molecule has 0 aliphatic carbocycles. The van der Waals surface area contributed by atoms with Crippen LogP contribution in [0, 0.1) is 0 Å². The van der Waals surface area contributed by atoms with Crippen molar-refractivity contribution < 1.29 is 9.90 Å². The molecule has 0 aromatic carbocycles. The van der Waals surface area contributed by atoms with Crippen LogP contribution in [-0.4, -0.2) is 32.0 Å². The molecule has 0 saturated heterocycles. The minimum absolute atomic E-state index is 0.112. The van der Waals surface area contributed by atoms with E-state index in [4.69, 9.17) is 5.11 Å². The molecule has 9 heavy (non-hydrogen) atoms. The molecule has 1 N–H and O–H groups in total. The van der Waals surface area contributed by atoms with Crippen LogP contribution in [0.3, 0.4) is 0 Å². The molecule has 0 aromatic rings. The summed E-state index contributed by atoms with van der Waals surface area (Å²) in [6, 6.07) is 0. The first-order valence-electron chi connectivity index (χ1n) is 2.86. The Bertz CT molecular complexity index is 93.1. The average molecular weight is 195 g/mol. The Balaban J connectivity index is 3.27. The first-order valence-corrected chi connectivity index (χ1v) is 5.78. The van der Waals surface area contributed by atoms with E-state index in [0.717, 1.165) is 5.32 Å². The van der Waals surface area contributed by atoms with Crippen molar-refractivity contribution in [2.24, 2.45) is 0 Å². The van der Waals surface area contributed by atoms with Gasteiger partial charge in [-0.15, -0.1) is 0 Å². The third-order valence-corrected chi connectivity index (χ3v) is 2.42. The Morgan fingerprint density at radius 1 is 1.78 bits per heavy atom. The Hall–Kier alpha value is 0.149. The van der Waals surface area contributed by atoms with Crippen molar-refractivity contribution in [2.45, 2.75) is 30.6 Å². The predicted octanol–water partition coefficient (Wildman–Crippen LogP) is 0.497. The summed E-state index contributed by atoms with van der Waals surface area (Å²) in [6.45, 7) is 1.42. The Kier molecular flexibility index (Phi) is 5.06. The number of rotatable bonds is 4. The van der Waals surface area contributed by atoms with Gasteiger partial charge in [-0.25, -0.2) is 0 Å². The van der Waals surface area contributed by atoms with E-state index in [1.165, 1.54) is 6.92 Å². The molecule has 2 nitrogen and oxygen atoms in total. The number of Topliss-reactive ketones (excluding diaryl/α,β-unsaturated/α-hetero) is 1. The summed E-state index contributed by atoms with van der Waals surface area (Å²) in [5.74, 6) is 1.99. The van der Waals surface area contributed by atoms with Gasteiger partial charge in [-0.1, -0.05) is 0 Å². The standard InChI is InChI=1S/C6H12O2Se/c1-5(7)6(8)3-4-9-2/h6,8H,3-4H2,1-2H3. The van der Waals surface area contributed by atoms with Crippen molar-refractivity contribution >= 4 is 20.7 Å². The first kappa shape index (κ1) is 9.15. The molecular formula is C6H12O2Se. The predicted molar refractivity (Wildman–Crippen MR) is 37.7 cm³/mol. The van der Waals surface area contributed by atoms with Crippen molar-refractivity contribution in [2.75, 3.05) is 0 Å². The second-order valence-corrected chi connectivity index (χ2v) is 3.98. The topological polar surface area (TPSA) is 37.3 Å². The summed E-state index contributed by atoms with van der Waals surface area (Å²) < 4.78 is 0. The number of carbonyl (C=O) groups is 1. The minimum atomic E-state index is -0.702. The van der Waals surface area contributed by atoms with Crippen LogP contribution in [0.4, 0.5) is 0 Å². The normalized spacial score (nSPS) is 13.2. The summed E-state index contributed by atoms with van der Waals surface area (Å²) >= 11 is 0.580. The van der Waals surface area contributed by atoms with Gasteiger partial charge in [-0.2, -0.15) is 0 Å². The number of aliphatic hydroxyl groups excluding tert-OH is 1. The first-order chi connectivity index (χ1) is 4.18. The molecule has 0 heterocycles. The van der Waals surface area contributed by atoms with E-state index >= 15 is 0 Å². The summed E-state index contributed by atoms with van der Waals surface area (Å²) in [5, 5.41) is 9.91. The molecular weight excluding hydrogens is 183 g/mol. The molecule has 0 rings (SSSR count). The number of hydrogen-bond acceptors (Lipinski definition) is 2. The Labute approximate surface area is 61.8 Å². The van der Waals surface area contributed by atoms with E-state index in [1.54, 1.807) is 0 Å². The van der Waals surface area contributed by atoms with Gasteiger partial charge in [0.1, 0.15) is 0 Å². The molecule has 0 spiro atoms. The van der Waals surface area contributed by atoms with E-state index in [1.807, 2.05) is 0 Å². The zero-order valence-electron chi connectivity index (χ0n) is 5.76. The van der Waals surface area contributed by atoms with Crippen molar-refractivity contribution in [3.63, 3.8) is 0 Å². The fraction of sp³-hybridized carbons (Fsp3) is 0.833. The molecule has 0 fully saturated rings. The third-order valence-electron chi connectivity index (χ3n) is 1.06. The van der Waals surface area contributed by atoms with Crippen LogP contribution in [0.15, 0.2) is 0 Å². The summed E-state index contributed by atoms with van der Waals surface area (Å²) in [6.07, 6.45) is -0.0573. The van der Waals surface area contributed by atoms with Crippen molar-refractivity contribution in [3.8, 4) is 0 Å². The second-order valence-electron chi connectivity index (χ2n) is 1.91. The molecule has 54 valence electrons. The second kappa shape index (κ2) is 4.98. The van der Waals surface area contributed by atoms with Gasteiger partial charge in [-0.05, 0) is 0 Å². The number of aliphatic hydroxyl groups is 1. The van der Waals surface area contributed by atoms with Gasteiger partial charge in [0.25, 0.3) is 0 Å². The van der Waals surface area contributed by atoms with Crippen LogP contribution in [0.2, 0.25) is 11.1 Å². The zero-order chi connectivity index (χ0) is 7.28. The fourth-order valence-corrected chi connectivity index (χ4v) is 1.40. The van der Waals surface area contributed by atoms with Gasteiger partial charge in [-0.3, -0.25) is 0 Å². The van der Waals surface area contributed by atoms with E-state index < -0.39 is 6.10 Å². The van der Waals surface area contributed by atoms with Crippen LogP contribution in [0.5, 0.6) is 0 Å². The monoisotopic (exact) mass is 196 g/mol. The zero-order valence-corrected chi connectivity index (χ0v) is 7.47. The Morgan fingerprint density at radius 2 is 2.33 bits per heavy atom. The molecule has 0 saturated carbocycles. The van der Waals surface area contributed by atoms with Crippen LogP contribution in [0.25, 0.3) is 0 Å². The molecule has 1 unspecified atom stereocenters. The third kappa shape index (κ3) is 4.64. The molecule has 0 bridgehead atoms. The molecule has 0 radical (unpaired) electrons.